The molecular weight excluding hydrogens is 370 g/mol. The van der Waals surface area contributed by atoms with Gasteiger partial charge in [0.1, 0.15) is 0 Å². The van der Waals surface area contributed by atoms with Gasteiger partial charge in [-0.15, -0.1) is 0 Å². The van der Waals surface area contributed by atoms with Gasteiger partial charge < -0.3 is 0 Å². The molecule has 3 aromatic rings. The molecule has 0 saturated heterocycles. The molecule has 0 radical (unpaired) electrons. The quantitative estimate of drug-likeness (QED) is 0.290. The summed E-state index contributed by atoms with van der Waals surface area (Å²) in [6.45, 7) is 0. The van der Waals surface area contributed by atoms with Crippen molar-refractivity contribution < 1.29 is 22.4 Å². The number of hydrogen-bond acceptors (Lipinski definition) is 2. The summed E-state index contributed by atoms with van der Waals surface area (Å²) >= 11 is 0. The van der Waals surface area contributed by atoms with Crippen LogP contribution in [0.1, 0.15) is 34.3 Å². The molecule has 0 spiro atoms. The van der Waals surface area contributed by atoms with Gasteiger partial charge in [0.2, 0.25) is 5.95 Å². The monoisotopic (exact) mass is 387 g/mol. The summed E-state index contributed by atoms with van der Waals surface area (Å²) in [7, 11) is 0. The van der Waals surface area contributed by atoms with E-state index < -0.39 is 23.5 Å². The van der Waals surface area contributed by atoms with Gasteiger partial charge in [0.15, 0.2) is 5.78 Å². The Balaban J connectivity index is 1.61. The second-order valence-electron chi connectivity index (χ2n) is 6.38. The Morgan fingerprint density at radius 2 is 1.64 bits per heavy atom. The van der Waals surface area contributed by atoms with Crippen molar-refractivity contribution in [3.05, 3.63) is 89.5 Å². The molecule has 6 heteroatoms. The molecule has 0 aliphatic rings. The SMILES string of the molecule is O=C(CCCc1ccc(-c2ccnc(F)c2)cc1)c1ccccc1C(F)(F)F. The zero-order chi connectivity index (χ0) is 20.1. The molecule has 2 nitrogen and oxygen atoms in total. The van der Waals surface area contributed by atoms with E-state index in [9.17, 15) is 22.4 Å². The maximum atomic E-state index is 13.2. The van der Waals surface area contributed by atoms with Crippen LogP contribution in [0.2, 0.25) is 0 Å². The van der Waals surface area contributed by atoms with E-state index in [0.717, 1.165) is 17.2 Å². The molecule has 0 unspecified atom stereocenters. The zero-order valence-electron chi connectivity index (χ0n) is 14.8. The summed E-state index contributed by atoms with van der Waals surface area (Å²) in [5.74, 6) is -1.07. The van der Waals surface area contributed by atoms with Crippen molar-refractivity contribution >= 4 is 5.78 Å². The highest BCUT2D eigenvalue weighted by Crippen LogP contribution is 2.32. The molecule has 0 saturated carbocycles. The number of rotatable bonds is 6. The highest BCUT2D eigenvalue weighted by Gasteiger charge is 2.34. The third kappa shape index (κ3) is 4.82. The largest absolute Gasteiger partial charge is 0.417 e. The van der Waals surface area contributed by atoms with E-state index in [1.807, 2.05) is 24.3 Å². The van der Waals surface area contributed by atoms with E-state index in [-0.39, 0.29) is 12.0 Å². The molecule has 0 aliphatic carbocycles. The number of nitrogens with zero attached hydrogens (tertiary/aromatic N) is 1. The van der Waals surface area contributed by atoms with Crippen LogP contribution < -0.4 is 0 Å². The van der Waals surface area contributed by atoms with E-state index in [0.29, 0.717) is 18.4 Å². The molecule has 0 atom stereocenters. The number of pyridine rings is 1. The van der Waals surface area contributed by atoms with Crippen LogP contribution in [-0.4, -0.2) is 10.8 Å². The Labute approximate surface area is 159 Å². The lowest BCUT2D eigenvalue weighted by atomic mass is 9.97. The number of aryl methyl sites for hydroxylation is 1. The van der Waals surface area contributed by atoms with Crippen molar-refractivity contribution in [1.82, 2.24) is 4.98 Å². The highest BCUT2D eigenvalue weighted by molar-refractivity contribution is 5.97. The van der Waals surface area contributed by atoms with Crippen LogP contribution in [0.3, 0.4) is 0 Å². The van der Waals surface area contributed by atoms with E-state index in [1.54, 1.807) is 6.07 Å². The summed E-state index contributed by atoms with van der Waals surface area (Å²) in [4.78, 5) is 15.7. The van der Waals surface area contributed by atoms with Crippen LogP contribution in [-0.2, 0) is 12.6 Å². The Hall–Kier alpha value is -3.02. The van der Waals surface area contributed by atoms with Gasteiger partial charge in [0.25, 0.3) is 0 Å². The fourth-order valence-corrected chi connectivity index (χ4v) is 3.01. The summed E-state index contributed by atoms with van der Waals surface area (Å²) < 4.78 is 52.3. The third-order valence-corrected chi connectivity index (χ3v) is 4.42. The van der Waals surface area contributed by atoms with Gasteiger partial charge in [-0.1, -0.05) is 42.5 Å². The molecule has 0 fully saturated rings. The molecule has 0 bridgehead atoms. The van der Waals surface area contributed by atoms with Gasteiger partial charge in [0.05, 0.1) is 5.56 Å². The maximum absolute atomic E-state index is 13.2. The Morgan fingerprint density at radius 1 is 0.929 bits per heavy atom. The normalized spacial score (nSPS) is 11.4. The first kappa shape index (κ1) is 19.7. The van der Waals surface area contributed by atoms with Crippen LogP contribution >= 0.6 is 0 Å². The third-order valence-electron chi connectivity index (χ3n) is 4.42. The van der Waals surface area contributed by atoms with Gasteiger partial charge in [-0.05, 0) is 41.7 Å². The minimum Gasteiger partial charge on any atom is -0.294 e. The lowest BCUT2D eigenvalue weighted by Crippen LogP contribution is -2.13. The second-order valence-corrected chi connectivity index (χ2v) is 6.38. The average molecular weight is 387 g/mol. The van der Waals surface area contributed by atoms with Crippen LogP contribution in [0.15, 0.2) is 66.9 Å². The van der Waals surface area contributed by atoms with E-state index >= 15 is 0 Å². The van der Waals surface area contributed by atoms with Crippen LogP contribution in [0.5, 0.6) is 0 Å². The number of Topliss-reactive ketones (excluding diaryl/α,β-unsaturated/α-hetero) is 1. The minimum absolute atomic E-state index is 0.0322. The van der Waals surface area contributed by atoms with Crippen molar-refractivity contribution in [2.24, 2.45) is 0 Å². The van der Waals surface area contributed by atoms with Crippen LogP contribution in [0.4, 0.5) is 17.6 Å². The molecule has 1 aromatic heterocycles. The number of alkyl halides is 3. The summed E-state index contributed by atoms with van der Waals surface area (Å²) in [6.07, 6.45) is -2.12. The molecule has 1 heterocycles. The van der Waals surface area contributed by atoms with Crippen molar-refractivity contribution in [3.63, 3.8) is 0 Å². The number of aromatic nitrogens is 1. The van der Waals surface area contributed by atoms with E-state index in [4.69, 9.17) is 0 Å². The molecule has 0 aliphatic heterocycles. The van der Waals surface area contributed by atoms with Crippen molar-refractivity contribution in [1.29, 1.82) is 0 Å². The van der Waals surface area contributed by atoms with Gasteiger partial charge >= 0.3 is 6.18 Å². The standard InChI is InChI=1S/C22H17F4NO/c23-21-14-17(12-13-27-21)16-10-8-15(9-11-16)4-3-7-20(28)18-5-1-2-6-19(18)22(24,25)26/h1-2,5-6,8-14H,3-4,7H2. The first-order valence-corrected chi connectivity index (χ1v) is 8.75. The second kappa shape index (κ2) is 8.33. The Bertz CT molecular complexity index is 965. The number of benzene rings is 2. The predicted octanol–water partition coefficient (Wildman–Crippen LogP) is 6.11. The molecule has 0 amide bonds. The molecule has 28 heavy (non-hydrogen) atoms. The average Bonchev–Trinajstić information content (AvgIpc) is 2.68. The fraction of sp³-hybridized carbons (Fsp3) is 0.182. The Morgan fingerprint density at radius 3 is 2.32 bits per heavy atom. The van der Waals surface area contributed by atoms with Gasteiger partial charge in [-0.2, -0.15) is 17.6 Å². The van der Waals surface area contributed by atoms with E-state index in [1.165, 1.54) is 30.5 Å². The summed E-state index contributed by atoms with van der Waals surface area (Å²) in [6, 6.07) is 15.3. The molecule has 0 N–H and O–H groups in total. The smallest absolute Gasteiger partial charge is 0.294 e. The minimum atomic E-state index is -4.55. The van der Waals surface area contributed by atoms with E-state index in [2.05, 4.69) is 4.98 Å². The van der Waals surface area contributed by atoms with Gasteiger partial charge in [-0.25, -0.2) is 4.98 Å². The molecular formula is C22H17F4NO. The van der Waals surface area contributed by atoms with Crippen LogP contribution in [0.25, 0.3) is 11.1 Å². The first-order valence-electron chi connectivity index (χ1n) is 8.75. The Kier molecular flexibility index (Phi) is 5.87. The van der Waals surface area contributed by atoms with Gasteiger partial charge in [0, 0.05) is 24.2 Å². The van der Waals surface area contributed by atoms with Crippen LogP contribution in [0, 0.1) is 5.95 Å². The fourth-order valence-electron chi connectivity index (χ4n) is 3.01. The molecule has 144 valence electrons. The molecule has 3 rings (SSSR count). The van der Waals surface area contributed by atoms with Crippen molar-refractivity contribution in [2.75, 3.05) is 0 Å². The number of carbonyl (C=O) groups excluding carboxylic acids is 1. The molecule has 2 aromatic carbocycles. The maximum Gasteiger partial charge on any atom is 0.417 e. The predicted molar refractivity (Wildman–Crippen MR) is 98.3 cm³/mol. The number of hydrogen-bond donors (Lipinski definition) is 0. The zero-order valence-corrected chi connectivity index (χ0v) is 14.8. The topological polar surface area (TPSA) is 30.0 Å². The van der Waals surface area contributed by atoms with Crippen molar-refractivity contribution in [2.45, 2.75) is 25.4 Å². The van der Waals surface area contributed by atoms with Crippen molar-refractivity contribution in [3.8, 4) is 11.1 Å². The highest BCUT2D eigenvalue weighted by atomic mass is 19.4. The number of halogens is 4. The number of carbonyl (C=O) groups is 1. The summed E-state index contributed by atoms with van der Waals surface area (Å²) in [5, 5.41) is 0. The lowest BCUT2D eigenvalue weighted by Gasteiger charge is -2.11. The first-order chi connectivity index (χ1) is 13.3. The van der Waals surface area contributed by atoms with Gasteiger partial charge in [-0.3, -0.25) is 4.79 Å². The summed E-state index contributed by atoms with van der Waals surface area (Å²) in [5.41, 5.74) is 1.31. The number of ketones is 1. The lowest BCUT2D eigenvalue weighted by molar-refractivity contribution is -0.137.